The molecule has 0 saturated carbocycles. The predicted octanol–water partition coefficient (Wildman–Crippen LogP) is 2.45. The van der Waals surface area contributed by atoms with Crippen LogP contribution in [0, 0.1) is 16.0 Å². The Balaban J connectivity index is 1.71. The van der Waals surface area contributed by atoms with Crippen LogP contribution in [0.2, 0.25) is 0 Å². The van der Waals surface area contributed by atoms with Gasteiger partial charge in [-0.3, -0.25) is 14.9 Å². The lowest BCUT2D eigenvalue weighted by Gasteiger charge is -2.33. The van der Waals surface area contributed by atoms with Crippen molar-refractivity contribution in [3.8, 4) is 0 Å². The first-order chi connectivity index (χ1) is 14.6. The first-order valence-electron chi connectivity index (χ1n) is 10.1. The number of amides is 1. The van der Waals surface area contributed by atoms with E-state index < -0.39 is 14.9 Å². The lowest BCUT2D eigenvalue weighted by molar-refractivity contribution is -0.384. The summed E-state index contributed by atoms with van der Waals surface area (Å²) >= 11 is 0. The molecule has 0 atom stereocenters. The van der Waals surface area contributed by atoms with Crippen molar-refractivity contribution in [1.29, 1.82) is 0 Å². The van der Waals surface area contributed by atoms with Gasteiger partial charge >= 0.3 is 0 Å². The van der Waals surface area contributed by atoms with Crippen LogP contribution in [0.25, 0.3) is 0 Å². The zero-order valence-electron chi connectivity index (χ0n) is 17.3. The maximum absolute atomic E-state index is 12.9. The quantitative estimate of drug-likeness (QED) is 0.495. The number of nitrogens with zero attached hydrogens (tertiary/aromatic N) is 2. The standard InChI is InChI=1S/C21H26N4O5S/c1-15-9-12-24(13-10-15)20-7-4-17(25(27)28)14-19(20)21(26)23-11-8-16-2-5-18(6-3-16)31(22,29)30/h2-7,14-15H,8-13H2,1H3,(H,23,26)(H2,22,29,30). The minimum Gasteiger partial charge on any atom is -0.371 e. The number of carbonyl (C=O) groups is 1. The molecule has 9 nitrogen and oxygen atoms in total. The van der Waals surface area contributed by atoms with Gasteiger partial charge < -0.3 is 10.2 Å². The Kier molecular flexibility index (Phi) is 6.91. The van der Waals surface area contributed by atoms with Crippen LogP contribution in [0.1, 0.15) is 35.7 Å². The molecule has 0 aromatic heterocycles. The average Bonchev–Trinajstić information content (AvgIpc) is 2.73. The molecule has 166 valence electrons. The van der Waals surface area contributed by atoms with E-state index in [1.807, 2.05) is 0 Å². The monoisotopic (exact) mass is 446 g/mol. The Hall–Kier alpha value is -2.98. The topological polar surface area (TPSA) is 136 Å². The first-order valence-corrected chi connectivity index (χ1v) is 11.6. The van der Waals surface area contributed by atoms with E-state index in [0.29, 0.717) is 24.6 Å². The Morgan fingerprint density at radius 2 is 1.84 bits per heavy atom. The van der Waals surface area contributed by atoms with Crippen molar-refractivity contribution in [3.05, 3.63) is 63.7 Å². The second-order valence-electron chi connectivity index (χ2n) is 7.82. The van der Waals surface area contributed by atoms with E-state index in [4.69, 9.17) is 5.14 Å². The number of benzene rings is 2. The number of nitrogens with one attached hydrogen (secondary N) is 1. The molecule has 1 aliphatic rings. The molecule has 3 rings (SSSR count). The van der Waals surface area contributed by atoms with E-state index in [0.717, 1.165) is 31.5 Å². The minimum absolute atomic E-state index is 0.0253. The molecule has 3 N–H and O–H groups in total. The van der Waals surface area contributed by atoms with E-state index >= 15 is 0 Å². The molecule has 10 heteroatoms. The Morgan fingerprint density at radius 3 is 2.42 bits per heavy atom. The summed E-state index contributed by atoms with van der Waals surface area (Å²) in [5.41, 5.74) is 1.69. The Labute approximate surface area is 181 Å². The van der Waals surface area contributed by atoms with Crippen molar-refractivity contribution in [2.45, 2.75) is 31.1 Å². The smallest absolute Gasteiger partial charge is 0.270 e. The molecule has 0 radical (unpaired) electrons. The molecule has 1 fully saturated rings. The van der Waals surface area contributed by atoms with Crippen LogP contribution in [-0.4, -0.2) is 38.9 Å². The number of sulfonamides is 1. The van der Waals surface area contributed by atoms with Gasteiger partial charge in [0.05, 0.1) is 21.1 Å². The highest BCUT2D eigenvalue weighted by Crippen LogP contribution is 2.29. The summed E-state index contributed by atoms with van der Waals surface area (Å²) in [5.74, 6) is 0.241. The number of nitrogens with two attached hydrogens (primary N) is 1. The van der Waals surface area contributed by atoms with E-state index in [1.54, 1.807) is 18.2 Å². The van der Waals surface area contributed by atoms with E-state index in [2.05, 4.69) is 17.1 Å². The van der Waals surface area contributed by atoms with Crippen molar-refractivity contribution >= 4 is 27.3 Å². The zero-order valence-corrected chi connectivity index (χ0v) is 18.1. The molecule has 0 aliphatic carbocycles. The Morgan fingerprint density at radius 1 is 1.19 bits per heavy atom. The molecule has 0 bridgehead atoms. The minimum atomic E-state index is -3.75. The lowest BCUT2D eigenvalue weighted by atomic mass is 9.98. The molecule has 31 heavy (non-hydrogen) atoms. The first kappa shape index (κ1) is 22.7. The average molecular weight is 447 g/mol. The van der Waals surface area contributed by atoms with Crippen LogP contribution in [0.4, 0.5) is 11.4 Å². The van der Waals surface area contributed by atoms with Crippen molar-refractivity contribution in [2.24, 2.45) is 11.1 Å². The second-order valence-corrected chi connectivity index (χ2v) is 9.38. The number of non-ortho nitro benzene ring substituents is 1. The summed E-state index contributed by atoms with van der Waals surface area (Å²) in [6.45, 7) is 4.09. The van der Waals surface area contributed by atoms with Gasteiger partial charge in [0.2, 0.25) is 10.0 Å². The fourth-order valence-corrected chi connectivity index (χ4v) is 4.12. The van der Waals surface area contributed by atoms with Crippen molar-refractivity contribution in [3.63, 3.8) is 0 Å². The largest absolute Gasteiger partial charge is 0.371 e. The van der Waals surface area contributed by atoms with Gasteiger partial charge in [0.25, 0.3) is 11.6 Å². The number of hydrogen-bond acceptors (Lipinski definition) is 6. The fourth-order valence-electron chi connectivity index (χ4n) is 3.61. The van der Waals surface area contributed by atoms with Crippen molar-refractivity contribution in [1.82, 2.24) is 5.32 Å². The normalized spacial score (nSPS) is 15.0. The molecule has 1 aliphatic heterocycles. The molecule has 2 aromatic carbocycles. The van der Waals surface area contributed by atoms with Gasteiger partial charge in [-0.2, -0.15) is 0 Å². The van der Waals surface area contributed by atoms with Crippen molar-refractivity contribution in [2.75, 3.05) is 24.5 Å². The van der Waals surface area contributed by atoms with Gasteiger partial charge in [-0.05, 0) is 48.9 Å². The number of nitro benzene ring substituents is 1. The maximum Gasteiger partial charge on any atom is 0.270 e. The van der Waals surface area contributed by atoms with E-state index in [1.165, 1.54) is 24.3 Å². The number of anilines is 1. The number of rotatable bonds is 7. The highest BCUT2D eigenvalue weighted by atomic mass is 32.2. The third-order valence-electron chi connectivity index (χ3n) is 5.51. The van der Waals surface area contributed by atoms with Gasteiger partial charge in [-0.1, -0.05) is 19.1 Å². The van der Waals surface area contributed by atoms with Crippen LogP contribution < -0.4 is 15.4 Å². The molecular weight excluding hydrogens is 420 g/mol. The van der Waals surface area contributed by atoms with Gasteiger partial charge in [0.1, 0.15) is 0 Å². The third kappa shape index (κ3) is 5.80. The van der Waals surface area contributed by atoms with Crippen LogP contribution >= 0.6 is 0 Å². The summed E-state index contributed by atoms with van der Waals surface area (Å²) in [6.07, 6.45) is 2.49. The van der Waals surface area contributed by atoms with Gasteiger partial charge in [0.15, 0.2) is 0 Å². The van der Waals surface area contributed by atoms with Gasteiger partial charge in [0, 0.05) is 31.8 Å². The highest BCUT2D eigenvalue weighted by molar-refractivity contribution is 7.89. The zero-order chi connectivity index (χ0) is 22.6. The highest BCUT2D eigenvalue weighted by Gasteiger charge is 2.23. The maximum atomic E-state index is 12.9. The number of hydrogen-bond donors (Lipinski definition) is 2. The number of nitro groups is 1. The summed E-state index contributed by atoms with van der Waals surface area (Å²) in [4.78, 5) is 25.7. The number of primary sulfonamides is 1. The van der Waals surface area contributed by atoms with Crippen LogP contribution in [0.3, 0.4) is 0 Å². The molecule has 0 spiro atoms. The molecule has 1 saturated heterocycles. The van der Waals surface area contributed by atoms with Crippen LogP contribution in [-0.2, 0) is 16.4 Å². The molecule has 1 heterocycles. The van der Waals surface area contributed by atoms with Gasteiger partial charge in [-0.15, -0.1) is 0 Å². The third-order valence-corrected chi connectivity index (χ3v) is 6.44. The molecule has 2 aromatic rings. The van der Waals surface area contributed by atoms with Crippen molar-refractivity contribution < 1.29 is 18.1 Å². The lowest BCUT2D eigenvalue weighted by Crippen LogP contribution is -2.35. The summed E-state index contributed by atoms with van der Waals surface area (Å²) < 4.78 is 22.7. The molecule has 1 amide bonds. The second kappa shape index (κ2) is 9.44. The summed E-state index contributed by atoms with van der Waals surface area (Å²) in [7, 11) is -3.75. The fraction of sp³-hybridized carbons (Fsp3) is 0.381. The van der Waals surface area contributed by atoms with E-state index in [-0.39, 0.29) is 22.1 Å². The molecular formula is C21H26N4O5S. The predicted molar refractivity (Wildman–Crippen MR) is 118 cm³/mol. The summed E-state index contributed by atoms with van der Waals surface area (Å²) in [6, 6.07) is 10.5. The Bertz CT molecular complexity index is 1060. The van der Waals surface area contributed by atoms with Gasteiger partial charge in [-0.25, -0.2) is 13.6 Å². The van der Waals surface area contributed by atoms with Crippen LogP contribution in [0.15, 0.2) is 47.4 Å². The number of piperidine rings is 1. The number of carbonyl (C=O) groups excluding carboxylic acids is 1. The molecule has 0 unspecified atom stereocenters. The van der Waals surface area contributed by atoms with Crippen LogP contribution in [0.5, 0.6) is 0 Å². The SMILES string of the molecule is CC1CCN(c2ccc([N+](=O)[O-])cc2C(=O)NCCc2ccc(S(N)(=O)=O)cc2)CC1. The van der Waals surface area contributed by atoms with E-state index in [9.17, 15) is 23.3 Å². The summed E-state index contributed by atoms with van der Waals surface area (Å²) in [5, 5.41) is 19.1.